The summed E-state index contributed by atoms with van der Waals surface area (Å²) in [6.45, 7) is 4.81. The molecular weight excluding hydrogens is 193 g/mol. The average Bonchev–Trinajstić information content (AvgIpc) is 2.17. The van der Waals surface area contributed by atoms with Gasteiger partial charge in [0, 0.05) is 12.1 Å². The zero-order valence-corrected chi connectivity index (χ0v) is 9.03. The second-order valence-electron chi connectivity index (χ2n) is 4.17. The molecule has 1 aromatic rings. The van der Waals surface area contributed by atoms with Crippen LogP contribution in [-0.2, 0) is 4.74 Å². The van der Waals surface area contributed by atoms with E-state index in [2.05, 4.69) is 19.2 Å². The molecule has 0 spiro atoms. The van der Waals surface area contributed by atoms with Gasteiger partial charge in [0.15, 0.2) is 0 Å². The predicted molar refractivity (Wildman–Crippen MR) is 57.2 cm³/mol. The molecule has 1 fully saturated rings. The molecule has 1 aromatic carbocycles. The summed E-state index contributed by atoms with van der Waals surface area (Å²) in [5, 5.41) is 3.40. The van der Waals surface area contributed by atoms with Gasteiger partial charge < -0.3 is 10.1 Å². The van der Waals surface area contributed by atoms with Gasteiger partial charge in [0.25, 0.3) is 0 Å². The van der Waals surface area contributed by atoms with E-state index in [-0.39, 0.29) is 18.0 Å². The quantitative estimate of drug-likeness (QED) is 0.766. The van der Waals surface area contributed by atoms with Crippen LogP contribution < -0.4 is 5.32 Å². The van der Waals surface area contributed by atoms with Gasteiger partial charge in [0.1, 0.15) is 5.82 Å². The fourth-order valence-electron chi connectivity index (χ4n) is 2.05. The van der Waals surface area contributed by atoms with Gasteiger partial charge in [-0.25, -0.2) is 4.39 Å². The lowest BCUT2D eigenvalue weighted by Crippen LogP contribution is -2.47. The Balaban J connectivity index is 2.17. The van der Waals surface area contributed by atoms with Crippen molar-refractivity contribution in [3.63, 3.8) is 0 Å². The van der Waals surface area contributed by atoms with Crippen molar-refractivity contribution in [2.24, 2.45) is 0 Å². The Morgan fingerprint density at radius 3 is 2.87 bits per heavy atom. The summed E-state index contributed by atoms with van der Waals surface area (Å²) in [6.07, 6.45) is -0.0445. The first-order valence-electron chi connectivity index (χ1n) is 5.30. The summed E-state index contributed by atoms with van der Waals surface area (Å²) < 4.78 is 18.8. The molecule has 0 saturated carbocycles. The van der Waals surface area contributed by atoms with Gasteiger partial charge >= 0.3 is 0 Å². The van der Waals surface area contributed by atoms with E-state index in [9.17, 15) is 4.39 Å². The first-order valence-corrected chi connectivity index (χ1v) is 5.30. The van der Waals surface area contributed by atoms with Gasteiger partial charge in [-0.2, -0.15) is 0 Å². The third-order valence-corrected chi connectivity index (χ3v) is 2.70. The number of ether oxygens (including phenoxy) is 1. The Kier molecular flexibility index (Phi) is 3.03. The minimum atomic E-state index is -0.207. The maximum atomic E-state index is 13.0. The molecule has 3 heteroatoms. The van der Waals surface area contributed by atoms with Crippen molar-refractivity contribution in [2.45, 2.75) is 32.0 Å². The lowest BCUT2D eigenvalue weighted by atomic mass is 10.0. The molecule has 0 aliphatic carbocycles. The first kappa shape index (κ1) is 10.6. The van der Waals surface area contributed by atoms with Gasteiger partial charge in [-0.3, -0.25) is 0 Å². The molecule has 3 atom stereocenters. The molecule has 2 nitrogen and oxygen atoms in total. The first-order chi connectivity index (χ1) is 7.16. The normalized spacial score (nSPS) is 31.5. The van der Waals surface area contributed by atoms with Crippen LogP contribution in [-0.4, -0.2) is 18.7 Å². The Labute approximate surface area is 89.4 Å². The maximum absolute atomic E-state index is 13.0. The van der Waals surface area contributed by atoms with E-state index >= 15 is 0 Å². The molecule has 0 amide bonds. The SMILES string of the molecule is CC1CO[C@@H](c2cccc(F)c2)C(C)N1. The van der Waals surface area contributed by atoms with Crippen LogP contribution in [0.3, 0.4) is 0 Å². The topological polar surface area (TPSA) is 21.3 Å². The van der Waals surface area contributed by atoms with Gasteiger partial charge in [0.05, 0.1) is 12.7 Å². The second-order valence-corrected chi connectivity index (χ2v) is 4.17. The second kappa shape index (κ2) is 4.29. The molecule has 1 heterocycles. The Morgan fingerprint density at radius 2 is 2.20 bits per heavy atom. The van der Waals surface area contributed by atoms with Crippen LogP contribution in [0.5, 0.6) is 0 Å². The molecule has 1 N–H and O–H groups in total. The smallest absolute Gasteiger partial charge is 0.123 e. The molecule has 2 unspecified atom stereocenters. The molecule has 0 radical (unpaired) electrons. The van der Waals surface area contributed by atoms with E-state index in [1.807, 2.05) is 6.07 Å². The molecule has 1 aliphatic rings. The third-order valence-electron chi connectivity index (χ3n) is 2.70. The van der Waals surface area contributed by atoms with Crippen molar-refractivity contribution >= 4 is 0 Å². The van der Waals surface area contributed by atoms with Crippen LogP contribution in [0.15, 0.2) is 24.3 Å². The molecule has 82 valence electrons. The highest BCUT2D eigenvalue weighted by Gasteiger charge is 2.26. The summed E-state index contributed by atoms with van der Waals surface area (Å²) in [5.74, 6) is -0.207. The van der Waals surface area contributed by atoms with Crippen molar-refractivity contribution in [1.82, 2.24) is 5.32 Å². The van der Waals surface area contributed by atoms with Crippen LogP contribution in [0.25, 0.3) is 0 Å². The van der Waals surface area contributed by atoms with Gasteiger partial charge in [-0.15, -0.1) is 0 Å². The number of hydrogen-bond donors (Lipinski definition) is 1. The van der Waals surface area contributed by atoms with Gasteiger partial charge in [-0.1, -0.05) is 12.1 Å². The third kappa shape index (κ3) is 2.36. The fourth-order valence-corrected chi connectivity index (χ4v) is 2.05. The number of nitrogens with one attached hydrogen (secondary N) is 1. The lowest BCUT2D eigenvalue weighted by Gasteiger charge is -2.34. The van der Waals surface area contributed by atoms with Crippen LogP contribution in [0.4, 0.5) is 4.39 Å². The largest absolute Gasteiger partial charge is 0.370 e. The molecule has 0 bridgehead atoms. The molecular formula is C12H16FNO. The molecule has 0 aromatic heterocycles. The highest BCUT2D eigenvalue weighted by molar-refractivity contribution is 5.20. The summed E-state index contributed by atoms with van der Waals surface area (Å²) in [7, 11) is 0. The maximum Gasteiger partial charge on any atom is 0.123 e. The summed E-state index contributed by atoms with van der Waals surface area (Å²) in [4.78, 5) is 0. The lowest BCUT2D eigenvalue weighted by molar-refractivity contribution is -0.0208. The number of rotatable bonds is 1. The molecule has 2 rings (SSSR count). The Hall–Kier alpha value is -0.930. The highest BCUT2D eigenvalue weighted by atomic mass is 19.1. The number of hydrogen-bond acceptors (Lipinski definition) is 2. The number of morpholine rings is 1. The zero-order chi connectivity index (χ0) is 10.8. The fraction of sp³-hybridized carbons (Fsp3) is 0.500. The zero-order valence-electron chi connectivity index (χ0n) is 9.03. The van der Waals surface area contributed by atoms with Crippen molar-refractivity contribution in [1.29, 1.82) is 0 Å². The molecule has 15 heavy (non-hydrogen) atoms. The predicted octanol–water partition coefficient (Wildman–Crippen LogP) is 2.26. The van der Waals surface area contributed by atoms with E-state index in [0.29, 0.717) is 12.6 Å². The van der Waals surface area contributed by atoms with Crippen molar-refractivity contribution in [2.75, 3.05) is 6.61 Å². The van der Waals surface area contributed by atoms with Crippen LogP contribution >= 0.6 is 0 Å². The van der Waals surface area contributed by atoms with E-state index in [1.54, 1.807) is 12.1 Å². The molecule has 1 aliphatic heterocycles. The Bertz CT molecular complexity index is 342. The highest BCUT2D eigenvalue weighted by Crippen LogP contribution is 2.25. The van der Waals surface area contributed by atoms with Crippen LogP contribution in [0, 0.1) is 5.82 Å². The minimum absolute atomic E-state index is 0.0445. The van der Waals surface area contributed by atoms with E-state index in [1.165, 1.54) is 6.07 Å². The summed E-state index contributed by atoms with van der Waals surface area (Å²) in [5.41, 5.74) is 0.905. The average molecular weight is 209 g/mol. The van der Waals surface area contributed by atoms with Crippen molar-refractivity contribution in [3.05, 3.63) is 35.6 Å². The number of benzene rings is 1. The monoisotopic (exact) mass is 209 g/mol. The van der Waals surface area contributed by atoms with Crippen LogP contribution in [0.1, 0.15) is 25.5 Å². The number of halogens is 1. The van der Waals surface area contributed by atoms with E-state index in [4.69, 9.17) is 4.74 Å². The van der Waals surface area contributed by atoms with E-state index in [0.717, 1.165) is 5.56 Å². The van der Waals surface area contributed by atoms with E-state index < -0.39 is 0 Å². The van der Waals surface area contributed by atoms with Gasteiger partial charge in [0.2, 0.25) is 0 Å². The standard InChI is InChI=1S/C12H16FNO/c1-8-7-15-12(9(2)14-8)10-4-3-5-11(13)6-10/h3-6,8-9,12,14H,7H2,1-2H3/t8?,9?,12-/m1/s1. The minimum Gasteiger partial charge on any atom is -0.370 e. The molecule has 1 saturated heterocycles. The van der Waals surface area contributed by atoms with Crippen molar-refractivity contribution < 1.29 is 9.13 Å². The van der Waals surface area contributed by atoms with Crippen molar-refractivity contribution in [3.8, 4) is 0 Å². The van der Waals surface area contributed by atoms with Gasteiger partial charge in [-0.05, 0) is 31.5 Å². The summed E-state index contributed by atoms with van der Waals surface area (Å²) >= 11 is 0. The Morgan fingerprint density at radius 1 is 1.40 bits per heavy atom. The summed E-state index contributed by atoms with van der Waals surface area (Å²) in [6, 6.07) is 7.20. The van der Waals surface area contributed by atoms with Crippen LogP contribution in [0.2, 0.25) is 0 Å².